The number of fused-ring (bicyclic) bond motifs is 1. The molecule has 8 heteroatoms. The van der Waals surface area contributed by atoms with Crippen molar-refractivity contribution in [2.45, 2.75) is 19.0 Å². The molecular formula is C18H22N3O4S+. The Bertz CT molecular complexity index is 964. The molecule has 7 nitrogen and oxygen atoms in total. The third kappa shape index (κ3) is 3.02. The zero-order valence-electron chi connectivity index (χ0n) is 14.7. The van der Waals surface area contributed by atoms with Gasteiger partial charge in [0.1, 0.15) is 11.6 Å². The number of nitrogens with zero attached hydrogens (tertiary/aromatic N) is 1. The highest BCUT2D eigenvalue weighted by Gasteiger charge is 2.32. The van der Waals surface area contributed by atoms with Crippen molar-refractivity contribution < 1.29 is 19.9 Å². The number of hydrogen-bond donors (Lipinski definition) is 3. The van der Waals surface area contributed by atoms with Gasteiger partial charge in [-0.3, -0.25) is 14.3 Å². The summed E-state index contributed by atoms with van der Waals surface area (Å²) in [5.41, 5.74) is 1.86. The SMILES string of the molecule is C=CCn1c(O)c([C@H]2[NH2+]CCc3cc(OC)c(OC)cc32)c(=O)[nH]c1=S. The fraction of sp³-hybridized carbons (Fsp3) is 0.333. The monoisotopic (exact) mass is 376 g/mol. The zero-order valence-corrected chi connectivity index (χ0v) is 15.6. The highest BCUT2D eigenvalue weighted by Crippen LogP contribution is 2.36. The van der Waals surface area contributed by atoms with Gasteiger partial charge in [-0.25, -0.2) is 0 Å². The molecule has 0 radical (unpaired) electrons. The Morgan fingerprint density at radius 3 is 2.77 bits per heavy atom. The van der Waals surface area contributed by atoms with Gasteiger partial charge in [-0.2, -0.15) is 0 Å². The molecule has 26 heavy (non-hydrogen) atoms. The average Bonchev–Trinajstić information content (AvgIpc) is 2.64. The number of nitrogens with one attached hydrogen (secondary N) is 1. The van der Waals surface area contributed by atoms with Crippen LogP contribution in [0.4, 0.5) is 0 Å². The second kappa shape index (κ2) is 7.35. The number of benzene rings is 1. The van der Waals surface area contributed by atoms with Crippen molar-refractivity contribution in [2.75, 3.05) is 20.8 Å². The molecular weight excluding hydrogens is 354 g/mol. The maximum atomic E-state index is 12.6. The van der Waals surface area contributed by atoms with Crippen molar-refractivity contribution >= 4 is 12.2 Å². The molecule has 2 heterocycles. The van der Waals surface area contributed by atoms with Crippen LogP contribution in [0.1, 0.15) is 22.7 Å². The van der Waals surface area contributed by atoms with Gasteiger partial charge in [-0.1, -0.05) is 6.08 Å². The lowest BCUT2D eigenvalue weighted by Gasteiger charge is -2.26. The summed E-state index contributed by atoms with van der Waals surface area (Å²) in [6, 6.07) is 3.43. The van der Waals surface area contributed by atoms with E-state index in [0.29, 0.717) is 18.0 Å². The molecule has 0 unspecified atom stereocenters. The Hall–Kier alpha value is -2.58. The van der Waals surface area contributed by atoms with Crippen molar-refractivity contribution in [1.29, 1.82) is 0 Å². The lowest BCUT2D eigenvalue weighted by Crippen LogP contribution is -2.87. The van der Waals surface area contributed by atoms with Gasteiger partial charge >= 0.3 is 0 Å². The Kier molecular flexibility index (Phi) is 5.15. The fourth-order valence-corrected chi connectivity index (χ4v) is 3.66. The van der Waals surface area contributed by atoms with E-state index in [9.17, 15) is 9.90 Å². The smallest absolute Gasteiger partial charge is 0.265 e. The molecule has 2 aromatic rings. The fourth-order valence-electron chi connectivity index (χ4n) is 3.40. The molecule has 1 aliphatic rings. The lowest BCUT2D eigenvalue weighted by molar-refractivity contribution is -0.690. The van der Waals surface area contributed by atoms with Crippen LogP contribution >= 0.6 is 12.2 Å². The molecule has 0 spiro atoms. The first-order chi connectivity index (χ1) is 12.5. The topological polar surface area (TPSA) is 93.1 Å². The van der Waals surface area contributed by atoms with Gasteiger partial charge < -0.3 is 19.9 Å². The van der Waals surface area contributed by atoms with E-state index in [4.69, 9.17) is 21.7 Å². The third-order valence-electron chi connectivity index (χ3n) is 4.63. The van der Waals surface area contributed by atoms with Crippen molar-refractivity contribution in [3.05, 3.63) is 56.6 Å². The van der Waals surface area contributed by atoms with Crippen LogP contribution in [0.2, 0.25) is 0 Å². The second-order valence-corrected chi connectivity index (χ2v) is 6.44. The quantitative estimate of drug-likeness (QED) is 0.535. The minimum Gasteiger partial charge on any atom is -0.494 e. The summed E-state index contributed by atoms with van der Waals surface area (Å²) in [5.74, 6) is 1.09. The molecule has 0 saturated carbocycles. The van der Waals surface area contributed by atoms with E-state index < -0.39 is 5.56 Å². The van der Waals surface area contributed by atoms with Gasteiger partial charge in [0.2, 0.25) is 5.88 Å². The molecule has 0 fully saturated rings. The number of rotatable bonds is 5. The molecule has 1 aliphatic heterocycles. The summed E-state index contributed by atoms with van der Waals surface area (Å²) in [4.78, 5) is 15.3. The summed E-state index contributed by atoms with van der Waals surface area (Å²) in [6.07, 6.45) is 2.45. The summed E-state index contributed by atoms with van der Waals surface area (Å²) < 4.78 is 12.4. The number of aromatic nitrogens is 2. The van der Waals surface area contributed by atoms with Gasteiger partial charge in [0.15, 0.2) is 16.3 Å². The van der Waals surface area contributed by atoms with E-state index in [1.807, 2.05) is 17.4 Å². The average molecular weight is 376 g/mol. The minimum absolute atomic E-state index is 0.137. The first-order valence-corrected chi connectivity index (χ1v) is 8.67. The van der Waals surface area contributed by atoms with E-state index in [1.54, 1.807) is 20.3 Å². The standard InChI is InChI=1S/C18H21N3O4S/c1-4-7-21-17(23)14(16(22)20-18(21)26)15-11-9-13(25-3)12(24-2)8-10(11)5-6-19-15/h4,8-9,15,19,23H,1,5-7H2,2-3H3,(H,20,22,26)/p+1/t15-/m0/s1. The second-order valence-electron chi connectivity index (χ2n) is 6.05. The van der Waals surface area contributed by atoms with Crippen LogP contribution in [0.3, 0.4) is 0 Å². The minimum atomic E-state index is -0.392. The molecule has 4 N–H and O–H groups in total. The normalized spacial score (nSPS) is 16.0. The number of methoxy groups -OCH3 is 2. The molecule has 0 aliphatic carbocycles. The number of quaternary nitrogens is 1. The number of nitrogens with two attached hydrogens (primary N) is 1. The maximum Gasteiger partial charge on any atom is 0.265 e. The molecule has 0 bridgehead atoms. The van der Waals surface area contributed by atoms with Gasteiger partial charge in [0.25, 0.3) is 5.56 Å². The van der Waals surface area contributed by atoms with Gasteiger partial charge in [0, 0.05) is 18.5 Å². The number of ether oxygens (including phenoxy) is 2. The molecule has 1 aromatic carbocycles. The third-order valence-corrected chi connectivity index (χ3v) is 4.95. The van der Waals surface area contributed by atoms with E-state index in [-0.39, 0.29) is 22.3 Å². The first-order valence-electron chi connectivity index (χ1n) is 8.26. The van der Waals surface area contributed by atoms with E-state index >= 15 is 0 Å². The van der Waals surface area contributed by atoms with Crippen LogP contribution < -0.4 is 20.3 Å². The van der Waals surface area contributed by atoms with Crippen molar-refractivity contribution in [3.8, 4) is 17.4 Å². The lowest BCUT2D eigenvalue weighted by atomic mass is 9.90. The Morgan fingerprint density at radius 1 is 1.42 bits per heavy atom. The van der Waals surface area contributed by atoms with Gasteiger partial charge in [0.05, 0.1) is 20.8 Å². The molecule has 0 saturated heterocycles. The van der Waals surface area contributed by atoms with E-state index in [1.165, 1.54) is 4.57 Å². The molecule has 1 atom stereocenters. The van der Waals surface area contributed by atoms with Crippen molar-refractivity contribution in [2.24, 2.45) is 0 Å². The first kappa shape index (κ1) is 18.2. The number of aromatic amines is 1. The Morgan fingerprint density at radius 2 is 2.12 bits per heavy atom. The van der Waals surface area contributed by atoms with Crippen molar-refractivity contribution in [1.82, 2.24) is 9.55 Å². The number of H-pyrrole nitrogens is 1. The highest BCUT2D eigenvalue weighted by molar-refractivity contribution is 7.71. The summed E-state index contributed by atoms with van der Waals surface area (Å²) in [7, 11) is 3.16. The summed E-state index contributed by atoms with van der Waals surface area (Å²) >= 11 is 5.16. The van der Waals surface area contributed by atoms with Crippen LogP contribution in [0.25, 0.3) is 0 Å². The van der Waals surface area contributed by atoms with Crippen LogP contribution in [0.15, 0.2) is 29.6 Å². The number of allylic oxidation sites excluding steroid dienone is 1. The molecule has 138 valence electrons. The van der Waals surface area contributed by atoms with Crippen LogP contribution in [0.5, 0.6) is 17.4 Å². The van der Waals surface area contributed by atoms with Gasteiger partial charge in [-0.15, -0.1) is 6.58 Å². The zero-order chi connectivity index (χ0) is 18.8. The molecule has 1 aromatic heterocycles. The number of aromatic hydroxyl groups is 1. The van der Waals surface area contributed by atoms with Crippen molar-refractivity contribution in [3.63, 3.8) is 0 Å². The van der Waals surface area contributed by atoms with E-state index in [0.717, 1.165) is 24.1 Å². The van der Waals surface area contributed by atoms with Gasteiger partial charge in [-0.05, 0) is 29.9 Å². The summed E-state index contributed by atoms with van der Waals surface area (Å²) in [6.45, 7) is 4.76. The maximum absolute atomic E-state index is 12.6. The highest BCUT2D eigenvalue weighted by atomic mass is 32.1. The Balaban J connectivity index is 2.22. The molecule has 3 rings (SSSR count). The predicted octanol–water partition coefficient (Wildman–Crippen LogP) is 1.02. The number of hydrogen-bond acceptors (Lipinski definition) is 5. The van der Waals surface area contributed by atoms with Crippen LogP contribution in [-0.4, -0.2) is 35.4 Å². The van der Waals surface area contributed by atoms with E-state index in [2.05, 4.69) is 11.6 Å². The van der Waals surface area contributed by atoms with Crippen LogP contribution in [-0.2, 0) is 13.0 Å². The predicted molar refractivity (Wildman–Crippen MR) is 99.6 cm³/mol. The Labute approximate surface area is 155 Å². The largest absolute Gasteiger partial charge is 0.494 e. The van der Waals surface area contributed by atoms with Crippen LogP contribution in [0, 0.1) is 4.77 Å². The molecule has 0 amide bonds. The summed E-state index contributed by atoms with van der Waals surface area (Å²) in [5, 5.41) is 12.8.